The van der Waals surface area contributed by atoms with E-state index in [2.05, 4.69) is 13.8 Å². The molecule has 1 N–H and O–H groups in total. The summed E-state index contributed by atoms with van der Waals surface area (Å²) in [5.74, 6) is 0. The van der Waals surface area contributed by atoms with Gasteiger partial charge in [-0.1, -0.05) is 0 Å². The molecule has 0 spiro atoms. The van der Waals surface area contributed by atoms with Crippen LogP contribution in [0.1, 0.15) is 46.0 Å². The number of hydrogen-bond donors (Lipinski definition) is 1. The van der Waals surface area contributed by atoms with Crippen LogP contribution < -0.4 is 0 Å². The third-order valence-electron chi connectivity index (χ3n) is 3.85. The van der Waals surface area contributed by atoms with E-state index in [1.54, 1.807) is 0 Å². The molecule has 0 aliphatic carbocycles. The molecule has 4 atom stereocenters. The van der Waals surface area contributed by atoms with E-state index in [4.69, 9.17) is 12.5 Å². The monoisotopic (exact) mass is 379 g/mol. The Morgan fingerprint density at radius 2 is 1.89 bits per heavy atom. The fourth-order valence-corrected chi connectivity index (χ4v) is 10.2. The van der Waals surface area contributed by atoms with Crippen molar-refractivity contribution >= 4 is 20.2 Å². The summed E-state index contributed by atoms with van der Waals surface area (Å²) in [6.07, 6.45) is 4.79. The van der Waals surface area contributed by atoms with Gasteiger partial charge in [0.25, 0.3) is 0 Å². The SMILES string of the molecule is CCC[CH2][Sn]([CH2]CCC)[O][C@H]1[C@@H]2OC[C@H](C[C@@H]1O)O2. The molecule has 5 heteroatoms. The van der Waals surface area contributed by atoms with Crippen LogP contribution in [0.4, 0.5) is 0 Å². The van der Waals surface area contributed by atoms with E-state index in [0.717, 1.165) is 0 Å². The first kappa shape index (κ1) is 16.0. The predicted molar refractivity (Wildman–Crippen MR) is 75.3 cm³/mol. The zero-order valence-electron chi connectivity index (χ0n) is 12.1. The molecule has 2 rings (SSSR count). The molecule has 0 unspecified atom stereocenters. The Balaban J connectivity index is 1.86. The van der Waals surface area contributed by atoms with Crippen LogP contribution in [0.25, 0.3) is 0 Å². The van der Waals surface area contributed by atoms with Crippen LogP contribution in [0.3, 0.4) is 0 Å². The molecule has 0 aromatic carbocycles. The fraction of sp³-hybridized carbons (Fsp3) is 1.00. The Morgan fingerprint density at radius 1 is 1.21 bits per heavy atom. The number of aliphatic hydroxyl groups is 1. The topological polar surface area (TPSA) is 47.9 Å². The van der Waals surface area contributed by atoms with Gasteiger partial charge in [0.2, 0.25) is 0 Å². The minimum absolute atomic E-state index is 0.0817. The molecule has 2 saturated heterocycles. The van der Waals surface area contributed by atoms with Crippen molar-refractivity contribution in [3.05, 3.63) is 0 Å². The Labute approximate surface area is 124 Å². The van der Waals surface area contributed by atoms with Crippen molar-refractivity contribution in [3.8, 4) is 0 Å². The van der Waals surface area contributed by atoms with E-state index in [1.165, 1.54) is 34.6 Å². The second-order valence-electron chi connectivity index (χ2n) is 5.59. The van der Waals surface area contributed by atoms with Crippen LogP contribution in [0.15, 0.2) is 0 Å². The molecular weight excluding hydrogens is 351 g/mol. The van der Waals surface area contributed by atoms with Crippen LogP contribution in [-0.4, -0.2) is 56.5 Å². The molecule has 2 fully saturated rings. The first-order valence-corrected chi connectivity index (χ1v) is 12.9. The molecule has 0 saturated carbocycles. The van der Waals surface area contributed by atoms with E-state index < -0.39 is 26.3 Å². The molecule has 2 aliphatic heterocycles. The zero-order valence-corrected chi connectivity index (χ0v) is 15.0. The van der Waals surface area contributed by atoms with Gasteiger partial charge in [-0.3, -0.25) is 0 Å². The van der Waals surface area contributed by atoms with Crippen LogP contribution in [0.5, 0.6) is 0 Å². The van der Waals surface area contributed by atoms with Gasteiger partial charge in [0.1, 0.15) is 0 Å². The van der Waals surface area contributed by atoms with Gasteiger partial charge in [0, 0.05) is 0 Å². The number of aliphatic hydroxyl groups excluding tert-OH is 1. The first-order valence-electron chi connectivity index (χ1n) is 7.71. The number of unbranched alkanes of at least 4 members (excludes halogenated alkanes) is 2. The summed E-state index contributed by atoms with van der Waals surface area (Å²) in [6.45, 7) is 5.07. The second-order valence-corrected chi connectivity index (χ2v) is 12.2. The van der Waals surface area contributed by atoms with E-state index in [1.807, 2.05) is 0 Å². The number of ether oxygens (including phenoxy) is 2. The maximum absolute atomic E-state index is 10.2. The van der Waals surface area contributed by atoms with Gasteiger partial charge in [0.05, 0.1) is 0 Å². The normalized spacial score (nSPS) is 34.1. The van der Waals surface area contributed by atoms with Crippen molar-refractivity contribution < 1.29 is 17.7 Å². The van der Waals surface area contributed by atoms with Gasteiger partial charge in [-0.2, -0.15) is 0 Å². The van der Waals surface area contributed by atoms with Gasteiger partial charge < -0.3 is 0 Å². The van der Waals surface area contributed by atoms with Crippen molar-refractivity contribution in [2.75, 3.05) is 6.61 Å². The molecule has 0 aromatic heterocycles. The van der Waals surface area contributed by atoms with Crippen molar-refractivity contribution in [2.24, 2.45) is 0 Å². The Hall–Kier alpha value is 0.639. The van der Waals surface area contributed by atoms with Gasteiger partial charge in [-0.15, -0.1) is 0 Å². The van der Waals surface area contributed by atoms with Crippen molar-refractivity contribution in [1.29, 1.82) is 0 Å². The standard InChI is InChI=1S/C6H9O4.2C4H9.Sn/c7-4-1-3-2-9-6(10-3)5(4)8;2*1-3-4-2;/h3-7H,1-2H2;2*1,3-4H2,2H3;/q-1;;;+1/t3-,4-,5+,6+;;;/m0.../s1. The maximum atomic E-state index is 10.2. The molecule has 2 aliphatic rings. The van der Waals surface area contributed by atoms with Gasteiger partial charge >= 0.3 is 124 Å². The second kappa shape index (κ2) is 8.17. The van der Waals surface area contributed by atoms with Crippen molar-refractivity contribution in [3.63, 3.8) is 0 Å². The summed E-state index contributed by atoms with van der Waals surface area (Å²) in [4.78, 5) is 0. The molecule has 0 amide bonds. The molecule has 0 aromatic rings. The Morgan fingerprint density at radius 3 is 2.53 bits per heavy atom. The summed E-state index contributed by atoms with van der Waals surface area (Å²) >= 11 is -1.84. The molecule has 4 nitrogen and oxygen atoms in total. The average molecular weight is 378 g/mol. The number of fused-ring (bicyclic) bond motifs is 2. The number of hydrogen-bond acceptors (Lipinski definition) is 4. The van der Waals surface area contributed by atoms with Crippen LogP contribution in [0, 0.1) is 0 Å². The average Bonchev–Trinajstić information content (AvgIpc) is 2.80. The summed E-state index contributed by atoms with van der Waals surface area (Å²) in [7, 11) is 0. The van der Waals surface area contributed by atoms with E-state index in [-0.39, 0.29) is 18.5 Å². The Bertz CT molecular complexity index is 256. The minimum atomic E-state index is -1.84. The van der Waals surface area contributed by atoms with Gasteiger partial charge in [-0.25, -0.2) is 0 Å². The van der Waals surface area contributed by atoms with Crippen molar-refractivity contribution in [1.82, 2.24) is 0 Å². The predicted octanol–water partition coefficient (Wildman–Crippen LogP) is 2.47. The van der Waals surface area contributed by atoms with E-state index in [0.29, 0.717) is 13.0 Å². The summed E-state index contributed by atoms with van der Waals surface area (Å²) in [5, 5.41) is 10.2. The Kier molecular flexibility index (Phi) is 6.89. The summed E-state index contributed by atoms with van der Waals surface area (Å²) in [6, 6.07) is 0. The van der Waals surface area contributed by atoms with Gasteiger partial charge in [0.15, 0.2) is 0 Å². The molecule has 1 radical (unpaired) electrons. The first-order chi connectivity index (χ1) is 9.24. The van der Waals surface area contributed by atoms with Gasteiger partial charge in [-0.05, 0) is 0 Å². The molecule has 2 heterocycles. The number of rotatable bonds is 8. The fourth-order valence-electron chi connectivity index (χ4n) is 2.67. The molecule has 19 heavy (non-hydrogen) atoms. The summed E-state index contributed by atoms with van der Waals surface area (Å²) in [5.41, 5.74) is 0. The van der Waals surface area contributed by atoms with E-state index in [9.17, 15) is 5.11 Å². The van der Waals surface area contributed by atoms with Crippen LogP contribution >= 0.6 is 0 Å². The zero-order chi connectivity index (χ0) is 13.7. The third kappa shape index (κ3) is 4.56. The summed E-state index contributed by atoms with van der Waals surface area (Å²) < 4.78 is 20.2. The van der Waals surface area contributed by atoms with Crippen LogP contribution in [0.2, 0.25) is 8.87 Å². The molecular formula is C14H27O4Sn. The third-order valence-corrected chi connectivity index (χ3v) is 10.8. The van der Waals surface area contributed by atoms with Crippen LogP contribution in [-0.2, 0) is 12.5 Å². The quantitative estimate of drug-likeness (QED) is 0.660. The molecule has 2 bridgehead atoms. The van der Waals surface area contributed by atoms with E-state index >= 15 is 0 Å². The molecule has 111 valence electrons. The van der Waals surface area contributed by atoms with Crippen molar-refractivity contribution in [2.45, 2.75) is 79.4 Å².